The zero-order valence-electron chi connectivity index (χ0n) is 15.7. The Morgan fingerprint density at radius 1 is 1.07 bits per heavy atom. The molecule has 1 aromatic carbocycles. The number of anilines is 3. The van der Waals surface area contributed by atoms with E-state index in [1.807, 2.05) is 29.6 Å². The molecule has 4 rings (SSSR count). The van der Waals surface area contributed by atoms with E-state index in [0.29, 0.717) is 11.5 Å². The molecule has 0 unspecified atom stereocenters. The summed E-state index contributed by atoms with van der Waals surface area (Å²) in [6, 6.07) is 10.8. The standard InChI is InChI=1S/C19H18N6O2S2/c1-13-21-18(11-25(13)2)29(26,27)24-15-7-5-14(6-8-15)17-12-28-19(23-17)22-16-4-3-9-20-10-16/h3-12,24H,1-2H3,(H,22,23). The number of hydrogen-bond donors (Lipinski definition) is 2. The van der Waals surface area contributed by atoms with E-state index in [4.69, 9.17) is 0 Å². The van der Waals surface area contributed by atoms with E-state index < -0.39 is 10.0 Å². The van der Waals surface area contributed by atoms with E-state index in [9.17, 15) is 8.42 Å². The highest BCUT2D eigenvalue weighted by atomic mass is 32.2. The van der Waals surface area contributed by atoms with Crippen LogP contribution in [0.25, 0.3) is 11.3 Å². The van der Waals surface area contributed by atoms with Crippen molar-refractivity contribution in [1.29, 1.82) is 0 Å². The van der Waals surface area contributed by atoms with Crippen molar-refractivity contribution >= 4 is 37.9 Å². The van der Waals surface area contributed by atoms with Gasteiger partial charge in [0.1, 0.15) is 5.82 Å². The average molecular weight is 427 g/mol. The van der Waals surface area contributed by atoms with E-state index in [2.05, 4.69) is 25.0 Å². The molecule has 0 amide bonds. The number of nitrogens with one attached hydrogen (secondary N) is 2. The van der Waals surface area contributed by atoms with Gasteiger partial charge in [0, 0.05) is 36.1 Å². The van der Waals surface area contributed by atoms with Crippen molar-refractivity contribution in [1.82, 2.24) is 19.5 Å². The van der Waals surface area contributed by atoms with Crippen molar-refractivity contribution in [3.63, 3.8) is 0 Å². The molecule has 0 saturated carbocycles. The van der Waals surface area contributed by atoms with Crippen LogP contribution in [0.1, 0.15) is 5.82 Å². The van der Waals surface area contributed by atoms with Crippen LogP contribution >= 0.6 is 11.3 Å². The minimum atomic E-state index is -3.73. The van der Waals surface area contributed by atoms with Gasteiger partial charge in [0.05, 0.1) is 17.6 Å². The second kappa shape index (κ2) is 7.64. The maximum atomic E-state index is 12.5. The molecule has 2 N–H and O–H groups in total. The minimum Gasteiger partial charge on any atom is -0.337 e. The van der Waals surface area contributed by atoms with E-state index >= 15 is 0 Å². The van der Waals surface area contributed by atoms with Crippen molar-refractivity contribution in [2.45, 2.75) is 11.9 Å². The summed E-state index contributed by atoms with van der Waals surface area (Å²) in [6.07, 6.45) is 4.92. The molecule has 0 spiro atoms. The van der Waals surface area contributed by atoms with Crippen LogP contribution in [0.5, 0.6) is 0 Å². The third kappa shape index (κ3) is 4.28. The van der Waals surface area contributed by atoms with Crippen LogP contribution in [0.2, 0.25) is 0 Å². The average Bonchev–Trinajstić information content (AvgIpc) is 3.30. The minimum absolute atomic E-state index is 0.00723. The Labute approximate surface area is 172 Å². The number of aromatic nitrogens is 4. The first-order valence-corrected chi connectivity index (χ1v) is 11.0. The number of sulfonamides is 1. The van der Waals surface area contributed by atoms with Crippen LogP contribution in [0, 0.1) is 6.92 Å². The molecule has 8 nitrogen and oxygen atoms in total. The maximum Gasteiger partial charge on any atom is 0.280 e. The van der Waals surface area contributed by atoms with Crippen LogP contribution in [0.3, 0.4) is 0 Å². The first kappa shape index (κ1) is 19.1. The fourth-order valence-electron chi connectivity index (χ4n) is 2.60. The Bertz CT molecular complexity index is 1210. The Morgan fingerprint density at radius 2 is 1.86 bits per heavy atom. The van der Waals surface area contributed by atoms with Crippen LogP contribution < -0.4 is 10.0 Å². The van der Waals surface area contributed by atoms with Crippen molar-refractivity contribution in [2.75, 3.05) is 10.0 Å². The SMILES string of the molecule is Cc1nc(S(=O)(=O)Nc2ccc(-c3csc(Nc4cccnc4)n3)cc2)cn1C. The third-order valence-electron chi connectivity index (χ3n) is 4.21. The molecule has 0 aliphatic rings. The normalized spacial score (nSPS) is 11.4. The molecule has 0 aliphatic carbocycles. The number of nitrogens with zero attached hydrogens (tertiary/aromatic N) is 4. The number of imidazole rings is 1. The van der Waals surface area contributed by atoms with Gasteiger partial charge < -0.3 is 9.88 Å². The Balaban J connectivity index is 1.48. The second-order valence-electron chi connectivity index (χ2n) is 6.32. The lowest BCUT2D eigenvalue weighted by Crippen LogP contribution is -2.13. The molecular weight excluding hydrogens is 408 g/mol. The fourth-order valence-corrected chi connectivity index (χ4v) is 4.44. The zero-order chi connectivity index (χ0) is 20.4. The van der Waals surface area contributed by atoms with Gasteiger partial charge in [-0.2, -0.15) is 8.42 Å². The Morgan fingerprint density at radius 3 is 2.52 bits per heavy atom. The molecule has 0 atom stereocenters. The first-order valence-electron chi connectivity index (χ1n) is 8.66. The van der Waals surface area contributed by atoms with Gasteiger partial charge in [0.2, 0.25) is 0 Å². The van der Waals surface area contributed by atoms with Gasteiger partial charge in [0.25, 0.3) is 10.0 Å². The van der Waals surface area contributed by atoms with E-state index in [0.717, 1.165) is 22.1 Å². The summed E-state index contributed by atoms with van der Waals surface area (Å²) in [4.78, 5) is 12.7. The number of thiazole rings is 1. The number of pyridine rings is 1. The van der Waals surface area contributed by atoms with Gasteiger partial charge in [-0.05, 0) is 31.2 Å². The van der Waals surface area contributed by atoms with Gasteiger partial charge >= 0.3 is 0 Å². The van der Waals surface area contributed by atoms with Crippen molar-refractivity contribution in [3.05, 3.63) is 66.2 Å². The van der Waals surface area contributed by atoms with Crippen LogP contribution in [0.15, 0.2) is 65.4 Å². The lowest BCUT2D eigenvalue weighted by molar-refractivity contribution is 0.598. The predicted octanol–water partition coefficient (Wildman–Crippen LogP) is 3.79. The summed E-state index contributed by atoms with van der Waals surface area (Å²) in [5.41, 5.74) is 3.01. The molecule has 0 aliphatic heterocycles. The Hall–Kier alpha value is -3.24. The lowest BCUT2D eigenvalue weighted by atomic mass is 10.1. The number of benzene rings is 1. The number of rotatable bonds is 6. The number of aryl methyl sites for hydroxylation is 2. The summed E-state index contributed by atoms with van der Waals surface area (Å²) in [5.74, 6) is 0.625. The van der Waals surface area contributed by atoms with Crippen LogP contribution in [-0.4, -0.2) is 27.9 Å². The third-order valence-corrected chi connectivity index (χ3v) is 6.22. The van der Waals surface area contributed by atoms with E-state index in [1.165, 1.54) is 17.5 Å². The molecular formula is C19H18N6O2S2. The highest BCUT2D eigenvalue weighted by Crippen LogP contribution is 2.28. The van der Waals surface area contributed by atoms with Crippen molar-refractivity contribution in [3.8, 4) is 11.3 Å². The molecule has 0 fully saturated rings. The molecule has 0 bridgehead atoms. The summed E-state index contributed by atoms with van der Waals surface area (Å²) in [6.45, 7) is 1.75. The Kier molecular flexibility index (Phi) is 5.03. The van der Waals surface area contributed by atoms with Gasteiger partial charge in [-0.1, -0.05) is 12.1 Å². The van der Waals surface area contributed by atoms with E-state index in [-0.39, 0.29) is 5.03 Å². The second-order valence-corrected chi connectivity index (χ2v) is 8.81. The van der Waals surface area contributed by atoms with E-state index in [1.54, 1.807) is 43.1 Å². The highest BCUT2D eigenvalue weighted by molar-refractivity contribution is 7.92. The highest BCUT2D eigenvalue weighted by Gasteiger charge is 2.18. The fraction of sp³-hybridized carbons (Fsp3) is 0.105. The maximum absolute atomic E-state index is 12.5. The molecule has 29 heavy (non-hydrogen) atoms. The number of hydrogen-bond acceptors (Lipinski definition) is 7. The zero-order valence-corrected chi connectivity index (χ0v) is 17.3. The molecule has 148 valence electrons. The van der Waals surface area contributed by atoms with Gasteiger partial charge in [-0.15, -0.1) is 11.3 Å². The first-order chi connectivity index (χ1) is 13.9. The largest absolute Gasteiger partial charge is 0.337 e. The quantitative estimate of drug-likeness (QED) is 0.486. The van der Waals surface area contributed by atoms with Crippen molar-refractivity contribution < 1.29 is 8.42 Å². The van der Waals surface area contributed by atoms with Gasteiger partial charge in [-0.3, -0.25) is 9.71 Å². The molecule has 3 aromatic heterocycles. The summed E-state index contributed by atoms with van der Waals surface area (Å²) in [5, 5.41) is 5.89. The lowest BCUT2D eigenvalue weighted by Gasteiger charge is -2.06. The molecule has 3 heterocycles. The smallest absolute Gasteiger partial charge is 0.280 e. The van der Waals surface area contributed by atoms with Crippen molar-refractivity contribution in [2.24, 2.45) is 7.05 Å². The molecule has 4 aromatic rings. The molecule has 0 radical (unpaired) electrons. The topological polar surface area (TPSA) is 102 Å². The summed E-state index contributed by atoms with van der Waals surface area (Å²) in [7, 11) is -1.98. The van der Waals surface area contributed by atoms with Crippen LogP contribution in [0.4, 0.5) is 16.5 Å². The monoisotopic (exact) mass is 426 g/mol. The van der Waals surface area contributed by atoms with Crippen LogP contribution in [-0.2, 0) is 17.1 Å². The molecule has 0 saturated heterocycles. The van der Waals surface area contributed by atoms with Gasteiger partial charge in [-0.25, -0.2) is 9.97 Å². The molecule has 10 heteroatoms. The summed E-state index contributed by atoms with van der Waals surface area (Å²) >= 11 is 1.48. The predicted molar refractivity (Wildman–Crippen MR) is 114 cm³/mol. The summed E-state index contributed by atoms with van der Waals surface area (Å²) < 4.78 is 29.2. The van der Waals surface area contributed by atoms with Gasteiger partial charge in [0.15, 0.2) is 10.2 Å².